The van der Waals surface area contributed by atoms with Gasteiger partial charge in [-0.15, -0.1) is 0 Å². The molecule has 1 atom stereocenters. The fourth-order valence-electron chi connectivity index (χ4n) is 2.48. The van der Waals surface area contributed by atoms with E-state index >= 15 is 0 Å². The number of amides is 1. The Morgan fingerprint density at radius 1 is 1.61 bits per heavy atom. The first kappa shape index (κ1) is 11.6. The van der Waals surface area contributed by atoms with Crippen molar-refractivity contribution in [1.29, 1.82) is 0 Å². The molecule has 1 fully saturated rings. The third-order valence-electron chi connectivity index (χ3n) is 3.30. The number of H-pyrrole nitrogens is 1. The van der Waals surface area contributed by atoms with Gasteiger partial charge in [-0.25, -0.2) is 9.97 Å². The first-order valence-electron chi connectivity index (χ1n) is 5.93. The molecule has 1 N–H and O–H groups in total. The number of imidazole rings is 1. The number of carbonyl (C=O) groups excluding carboxylic acids is 1. The Bertz CT molecular complexity index is 609. The molecular formula is C12H13BrN4O. The molecule has 0 radical (unpaired) electrons. The summed E-state index contributed by atoms with van der Waals surface area (Å²) in [6, 6.07) is 2.02. The Morgan fingerprint density at radius 2 is 2.44 bits per heavy atom. The van der Waals surface area contributed by atoms with Gasteiger partial charge in [0.25, 0.3) is 0 Å². The molecule has 0 aliphatic carbocycles. The van der Waals surface area contributed by atoms with E-state index in [9.17, 15) is 4.79 Å². The lowest BCUT2D eigenvalue weighted by Crippen LogP contribution is -2.28. The molecule has 1 aliphatic rings. The van der Waals surface area contributed by atoms with Crippen molar-refractivity contribution in [3.63, 3.8) is 0 Å². The number of nitrogens with one attached hydrogen (secondary N) is 1. The van der Waals surface area contributed by atoms with Gasteiger partial charge in [0.05, 0.1) is 11.6 Å². The largest absolute Gasteiger partial charge is 0.339 e. The molecule has 5 nitrogen and oxygen atoms in total. The van der Waals surface area contributed by atoms with Crippen molar-refractivity contribution < 1.29 is 4.79 Å². The highest BCUT2D eigenvalue weighted by molar-refractivity contribution is 9.10. The summed E-state index contributed by atoms with van der Waals surface area (Å²) in [4.78, 5) is 25.4. The van der Waals surface area contributed by atoms with Crippen molar-refractivity contribution in [3.8, 4) is 0 Å². The molecule has 2 aromatic heterocycles. The predicted molar refractivity (Wildman–Crippen MR) is 71.0 cm³/mol. The molecule has 0 bridgehead atoms. The molecule has 2 aromatic rings. The molecule has 3 heterocycles. The van der Waals surface area contributed by atoms with Gasteiger partial charge in [-0.05, 0) is 34.8 Å². The van der Waals surface area contributed by atoms with E-state index in [-0.39, 0.29) is 11.9 Å². The Hall–Kier alpha value is -1.43. The van der Waals surface area contributed by atoms with Crippen molar-refractivity contribution in [1.82, 2.24) is 19.9 Å². The summed E-state index contributed by atoms with van der Waals surface area (Å²) in [5.41, 5.74) is 1.60. The summed E-state index contributed by atoms with van der Waals surface area (Å²) < 4.78 is 0.917. The second-order valence-electron chi connectivity index (χ2n) is 4.52. The summed E-state index contributed by atoms with van der Waals surface area (Å²) >= 11 is 3.39. The quantitative estimate of drug-likeness (QED) is 0.880. The topological polar surface area (TPSA) is 61.9 Å². The third-order valence-corrected chi connectivity index (χ3v) is 3.73. The number of halogens is 1. The first-order chi connectivity index (χ1) is 8.65. The number of nitrogens with zero attached hydrogens (tertiary/aromatic N) is 3. The van der Waals surface area contributed by atoms with E-state index in [4.69, 9.17) is 0 Å². The Balaban J connectivity index is 2.01. The van der Waals surface area contributed by atoms with Crippen LogP contribution >= 0.6 is 15.9 Å². The van der Waals surface area contributed by atoms with Crippen molar-refractivity contribution in [2.45, 2.75) is 25.8 Å². The number of pyridine rings is 1. The average molecular weight is 309 g/mol. The summed E-state index contributed by atoms with van der Waals surface area (Å²) in [7, 11) is 0. The van der Waals surface area contributed by atoms with E-state index in [0.29, 0.717) is 5.65 Å². The van der Waals surface area contributed by atoms with E-state index < -0.39 is 0 Å². The summed E-state index contributed by atoms with van der Waals surface area (Å²) in [5, 5.41) is 0. The van der Waals surface area contributed by atoms with E-state index in [0.717, 1.165) is 35.2 Å². The number of aromatic amines is 1. The van der Waals surface area contributed by atoms with Gasteiger partial charge in [-0.2, -0.15) is 0 Å². The summed E-state index contributed by atoms with van der Waals surface area (Å²) in [6.07, 6.45) is 3.71. The predicted octanol–water partition coefficient (Wildman–Crippen LogP) is 2.40. The van der Waals surface area contributed by atoms with Gasteiger partial charge in [0.15, 0.2) is 5.65 Å². The number of hydrogen-bond acceptors (Lipinski definition) is 3. The molecule has 1 aliphatic heterocycles. The van der Waals surface area contributed by atoms with E-state index in [1.807, 2.05) is 11.0 Å². The molecule has 0 spiro atoms. The SMILES string of the molecule is CC(=O)N1CCC[C@H]1c1nc2ncc(Br)cc2[nH]1. The number of fused-ring (bicyclic) bond motifs is 1. The number of aromatic nitrogens is 3. The maximum atomic E-state index is 11.6. The van der Waals surface area contributed by atoms with Crippen molar-refractivity contribution in [2.75, 3.05) is 6.54 Å². The van der Waals surface area contributed by atoms with Crippen LogP contribution in [0.4, 0.5) is 0 Å². The zero-order valence-corrected chi connectivity index (χ0v) is 11.6. The number of likely N-dealkylation sites (tertiary alicyclic amines) is 1. The average Bonchev–Trinajstić information content (AvgIpc) is 2.93. The maximum Gasteiger partial charge on any atom is 0.220 e. The Morgan fingerprint density at radius 3 is 3.22 bits per heavy atom. The van der Waals surface area contributed by atoms with Crippen molar-refractivity contribution in [3.05, 3.63) is 22.6 Å². The van der Waals surface area contributed by atoms with Crippen molar-refractivity contribution >= 4 is 33.0 Å². The molecule has 0 unspecified atom stereocenters. The lowest BCUT2D eigenvalue weighted by atomic mass is 10.2. The van der Waals surface area contributed by atoms with Gasteiger partial charge in [0, 0.05) is 24.1 Å². The molecule has 18 heavy (non-hydrogen) atoms. The van der Waals surface area contributed by atoms with Crippen LogP contribution in [0.1, 0.15) is 31.6 Å². The molecule has 1 amide bonds. The highest BCUT2D eigenvalue weighted by Crippen LogP contribution is 2.31. The van der Waals surface area contributed by atoms with Gasteiger partial charge in [-0.1, -0.05) is 0 Å². The number of carbonyl (C=O) groups is 1. The van der Waals surface area contributed by atoms with Gasteiger partial charge < -0.3 is 9.88 Å². The van der Waals surface area contributed by atoms with Crippen LogP contribution in [0.2, 0.25) is 0 Å². The second-order valence-corrected chi connectivity index (χ2v) is 5.43. The van der Waals surface area contributed by atoms with Crippen LogP contribution in [-0.2, 0) is 4.79 Å². The lowest BCUT2D eigenvalue weighted by molar-refractivity contribution is -0.129. The minimum Gasteiger partial charge on any atom is -0.339 e. The van der Waals surface area contributed by atoms with Crippen LogP contribution in [0.5, 0.6) is 0 Å². The Kier molecular flexibility index (Phi) is 2.81. The van der Waals surface area contributed by atoms with Crippen LogP contribution in [0.15, 0.2) is 16.7 Å². The van der Waals surface area contributed by atoms with Crippen LogP contribution in [0.25, 0.3) is 11.2 Å². The summed E-state index contributed by atoms with van der Waals surface area (Å²) in [5.74, 6) is 0.940. The Labute approximate surface area is 113 Å². The zero-order chi connectivity index (χ0) is 12.7. The van der Waals surface area contributed by atoms with Crippen molar-refractivity contribution in [2.24, 2.45) is 0 Å². The van der Waals surface area contributed by atoms with E-state index in [1.54, 1.807) is 13.1 Å². The smallest absolute Gasteiger partial charge is 0.220 e. The molecule has 0 saturated carbocycles. The molecule has 3 rings (SSSR count). The second kappa shape index (κ2) is 4.35. The molecular weight excluding hydrogens is 296 g/mol. The van der Waals surface area contributed by atoms with Gasteiger partial charge in [0.1, 0.15) is 5.82 Å². The minimum absolute atomic E-state index is 0.0653. The third kappa shape index (κ3) is 1.90. The van der Waals surface area contributed by atoms with Gasteiger partial charge in [0.2, 0.25) is 5.91 Å². The summed E-state index contributed by atoms with van der Waals surface area (Å²) in [6.45, 7) is 2.42. The fraction of sp³-hybridized carbons (Fsp3) is 0.417. The fourth-order valence-corrected chi connectivity index (χ4v) is 2.81. The normalized spacial score (nSPS) is 19.7. The number of rotatable bonds is 1. The first-order valence-corrected chi connectivity index (χ1v) is 6.73. The zero-order valence-electron chi connectivity index (χ0n) is 9.98. The maximum absolute atomic E-state index is 11.6. The molecule has 0 aromatic carbocycles. The van der Waals surface area contributed by atoms with Crippen LogP contribution < -0.4 is 0 Å². The van der Waals surface area contributed by atoms with Crippen LogP contribution in [-0.4, -0.2) is 32.3 Å². The monoisotopic (exact) mass is 308 g/mol. The van der Waals surface area contributed by atoms with E-state index in [2.05, 4.69) is 30.9 Å². The molecule has 6 heteroatoms. The molecule has 1 saturated heterocycles. The van der Waals surface area contributed by atoms with Crippen LogP contribution in [0, 0.1) is 0 Å². The minimum atomic E-state index is 0.0653. The standard InChI is InChI=1S/C12H13BrN4O/c1-7(18)17-4-2-3-10(17)12-15-9-5-8(13)6-14-11(9)16-12/h5-6,10H,2-4H2,1H3,(H,14,15,16)/t10-/m0/s1. The van der Waals surface area contributed by atoms with Gasteiger partial charge in [-0.3, -0.25) is 4.79 Å². The number of hydrogen-bond donors (Lipinski definition) is 1. The molecule has 94 valence electrons. The highest BCUT2D eigenvalue weighted by atomic mass is 79.9. The lowest BCUT2D eigenvalue weighted by Gasteiger charge is -2.21. The highest BCUT2D eigenvalue weighted by Gasteiger charge is 2.30. The van der Waals surface area contributed by atoms with Crippen LogP contribution in [0.3, 0.4) is 0 Å². The van der Waals surface area contributed by atoms with Gasteiger partial charge >= 0.3 is 0 Å². The van der Waals surface area contributed by atoms with E-state index in [1.165, 1.54) is 0 Å².